The largest absolute Gasteiger partial charge is 0.371 e. The molecule has 2 aliphatic rings. The molecule has 5 heteroatoms. The molecule has 2 N–H and O–H groups in total. The average molecular weight is 442 g/mol. The summed E-state index contributed by atoms with van der Waals surface area (Å²) in [5.41, 5.74) is 8.90. The zero-order chi connectivity index (χ0) is 15.9. The maximum absolute atomic E-state index is 6.26. The summed E-state index contributed by atoms with van der Waals surface area (Å²) < 4.78 is 0. The van der Waals surface area contributed by atoms with E-state index in [0.717, 1.165) is 19.0 Å². The van der Waals surface area contributed by atoms with Gasteiger partial charge in [0.25, 0.3) is 0 Å². The molecule has 2 fully saturated rings. The van der Waals surface area contributed by atoms with Gasteiger partial charge in [0.15, 0.2) is 5.96 Å². The second-order valence-corrected chi connectivity index (χ2v) is 6.75. The lowest BCUT2D eigenvalue weighted by atomic mass is 10.1. The van der Waals surface area contributed by atoms with Crippen LogP contribution in [0.3, 0.4) is 0 Å². The van der Waals surface area contributed by atoms with Crippen LogP contribution in [0.15, 0.2) is 29.3 Å². The molecule has 0 spiro atoms. The van der Waals surface area contributed by atoms with E-state index < -0.39 is 0 Å². The molecule has 2 saturated heterocycles. The predicted molar refractivity (Wildman–Crippen MR) is 113 cm³/mol. The molecule has 0 saturated carbocycles. The third kappa shape index (κ3) is 5.26. The second-order valence-electron chi connectivity index (χ2n) is 6.75. The van der Waals surface area contributed by atoms with Crippen molar-refractivity contribution in [3.8, 4) is 0 Å². The Bertz CT molecular complexity index is 518. The van der Waals surface area contributed by atoms with Crippen molar-refractivity contribution in [1.82, 2.24) is 4.90 Å². The molecular formula is C19H31IN4. The summed E-state index contributed by atoms with van der Waals surface area (Å²) in [5, 5.41) is 0. The van der Waals surface area contributed by atoms with Gasteiger partial charge in [-0.15, -0.1) is 24.0 Å². The number of guanidine groups is 1. The van der Waals surface area contributed by atoms with Crippen LogP contribution in [0.25, 0.3) is 0 Å². The number of rotatable bonds is 3. The Labute approximate surface area is 163 Å². The predicted octanol–water partition coefficient (Wildman–Crippen LogP) is 3.99. The summed E-state index contributed by atoms with van der Waals surface area (Å²) in [7, 11) is 0. The highest BCUT2D eigenvalue weighted by Crippen LogP contribution is 2.24. The van der Waals surface area contributed by atoms with E-state index in [-0.39, 0.29) is 24.0 Å². The van der Waals surface area contributed by atoms with Crippen LogP contribution in [-0.2, 0) is 6.54 Å². The number of halogens is 1. The summed E-state index contributed by atoms with van der Waals surface area (Å²) in [6, 6.07) is 8.68. The van der Waals surface area contributed by atoms with Gasteiger partial charge in [0, 0.05) is 31.9 Å². The molecule has 24 heavy (non-hydrogen) atoms. The summed E-state index contributed by atoms with van der Waals surface area (Å²) >= 11 is 0. The topological polar surface area (TPSA) is 44.9 Å². The number of hydrogen-bond acceptors (Lipinski definition) is 2. The molecule has 4 nitrogen and oxygen atoms in total. The molecule has 0 aliphatic carbocycles. The van der Waals surface area contributed by atoms with Gasteiger partial charge in [-0.2, -0.15) is 0 Å². The van der Waals surface area contributed by atoms with Crippen molar-refractivity contribution in [2.24, 2.45) is 10.7 Å². The minimum absolute atomic E-state index is 0. The van der Waals surface area contributed by atoms with Crippen LogP contribution in [0.1, 0.15) is 50.5 Å². The van der Waals surface area contributed by atoms with Crippen LogP contribution in [0.2, 0.25) is 0 Å². The first-order valence-corrected chi connectivity index (χ1v) is 9.22. The van der Waals surface area contributed by atoms with E-state index in [4.69, 9.17) is 10.7 Å². The number of benzene rings is 1. The monoisotopic (exact) mass is 442 g/mol. The quantitative estimate of drug-likeness (QED) is 0.438. The summed E-state index contributed by atoms with van der Waals surface area (Å²) in [5.74, 6) is 0.723. The third-order valence-electron chi connectivity index (χ3n) is 5.03. The molecule has 3 rings (SSSR count). The molecule has 0 aromatic heterocycles. The Morgan fingerprint density at radius 1 is 0.875 bits per heavy atom. The van der Waals surface area contributed by atoms with E-state index in [9.17, 15) is 0 Å². The van der Waals surface area contributed by atoms with Crippen LogP contribution < -0.4 is 10.6 Å². The number of likely N-dealkylation sites (tertiary alicyclic amines) is 1. The van der Waals surface area contributed by atoms with Crippen molar-refractivity contribution in [1.29, 1.82) is 0 Å². The van der Waals surface area contributed by atoms with E-state index in [2.05, 4.69) is 34.1 Å². The minimum Gasteiger partial charge on any atom is -0.371 e. The average Bonchev–Trinajstić information content (AvgIpc) is 2.90. The molecule has 134 valence electrons. The minimum atomic E-state index is 0. The van der Waals surface area contributed by atoms with Crippen molar-refractivity contribution in [2.75, 3.05) is 31.1 Å². The van der Waals surface area contributed by atoms with Crippen LogP contribution in [0.4, 0.5) is 5.69 Å². The summed E-state index contributed by atoms with van der Waals surface area (Å²) in [4.78, 5) is 9.48. The van der Waals surface area contributed by atoms with Gasteiger partial charge in [-0.3, -0.25) is 0 Å². The lowest BCUT2D eigenvalue weighted by Gasteiger charge is -2.30. The molecule has 0 bridgehead atoms. The number of piperidine rings is 1. The third-order valence-corrected chi connectivity index (χ3v) is 5.03. The van der Waals surface area contributed by atoms with Gasteiger partial charge in [-0.05, 0) is 43.7 Å². The first kappa shape index (κ1) is 19.3. The molecule has 1 aromatic carbocycles. The fraction of sp³-hybridized carbons (Fsp3) is 0.632. The first-order chi connectivity index (χ1) is 11.3. The van der Waals surface area contributed by atoms with Gasteiger partial charge in [0.2, 0.25) is 0 Å². The Morgan fingerprint density at radius 2 is 1.46 bits per heavy atom. The lowest BCUT2D eigenvalue weighted by Crippen LogP contribution is -2.38. The van der Waals surface area contributed by atoms with Crippen molar-refractivity contribution in [2.45, 2.75) is 51.5 Å². The zero-order valence-corrected chi connectivity index (χ0v) is 17.0. The number of aliphatic imine (C=N–C) groups is 1. The maximum Gasteiger partial charge on any atom is 0.191 e. The van der Waals surface area contributed by atoms with Crippen molar-refractivity contribution in [3.05, 3.63) is 29.8 Å². The molecule has 0 atom stereocenters. The molecule has 0 amide bonds. The Morgan fingerprint density at radius 3 is 2.17 bits per heavy atom. The van der Waals surface area contributed by atoms with Gasteiger partial charge >= 0.3 is 0 Å². The van der Waals surface area contributed by atoms with Crippen molar-refractivity contribution >= 4 is 35.6 Å². The van der Waals surface area contributed by atoms with Gasteiger partial charge < -0.3 is 15.5 Å². The fourth-order valence-electron chi connectivity index (χ4n) is 3.65. The molecule has 1 aromatic rings. The van der Waals surface area contributed by atoms with Crippen LogP contribution in [0.5, 0.6) is 0 Å². The van der Waals surface area contributed by atoms with E-state index in [0.29, 0.717) is 6.54 Å². The number of nitrogens with zero attached hydrogens (tertiary/aromatic N) is 3. The van der Waals surface area contributed by atoms with Gasteiger partial charge in [0.1, 0.15) is 0 Å². The number of nitrogens with two attached hydrogens (primary N) is 1. The second kappa shape index (κ2) is 10.1. The first-order valence-electron chi connectivity index (χ1n) is 9.22. The van der Waals surface area contributed by atoms with Crippen LogP contribution >= 0.6 is 24.0 Å². The number of anilines is 1. The van der Waals surface area contributed by atoms with Crippen molar-refractivity contribution in [3.63, 3.8) is 0 Å². The van der Waals surface area contributed by atoms with E-state index in [1.807, 2.05) is 0 Å². The van der Waals surface area contributed by atoms with Gasteiger partial charge in [-0.25, -0.2) is 4.99 Å². The highest BCUT2D eigenvalue weighted by molar-refractivity contribution is 14.0. The maximum atomic E-state index is 6.26. The highest BCUT2D eigenvalue weighted by Gasteiger charge is 2.15. The Balaban J connectivity index is 0.00000208. The standard InChI is InChI=1S/C19H30N4.HI/c20-19(23-14-6-1-2-7-15-23)21-16-17-10-4-5-11-18(17)22-12-8-3-9-13-22;/h4-5,10-11H,1-3,6-9,12-16H2,(H2,20,21);1H. The highest BCUT2D eigenvalue weighted by atomic mass is 127. The molecule has 0 unspecified atom stereocenters. The van der Waals surface area contributed by atoms with Crippen LogP contribution in [-0.4, -0.2) is 37.0 Å². The van der Waals surface area contributed by atoms with E-state index >= 15 is 0 Å². The molecule has 2 heterocycles. The normalized spacial score (nSPS) is 19.6. The fourth-order valence-corrected chi connectivity index (χ4v) is 3.65. The van der Waals surface area contributed by atoms with Crippen molar-refractivity contribution < 1.29 is 0 Å². The molecule has 2 aliphatic heterocycles. The molecule has 0 radical (unpaired) electrons. The van der Waals surface area contributed by atoms with Gasteiger partial charge in [-0.1, -0.05) is 31.0 Å². The summed E-state index contributed by atoms with van der Waals surface area (Å²) in [6.45, 7) is 5.14. The number of hydrogen-bond donors (Lipinski definition) is 1. The Hall–Kier alpha value is -0.980. The van der Waals surface area contributed by atoms with Crippen LogP contribution in [0, 0.1) is 0 Å². The molecular weight excluding hydrogens is 411 g/mol. The number of para-hydroxylation sites is 1. The van der Waals surface area contributed by atoms with Gasteiger partial charge in [0.05, 0.1) is 6.54 Å². The zero-order valence-electron chi connectivity index (χ0n) is 14.6. The summed E-state index contributed by atoms with van der Waals surface area (Å²) in [6.07, 6.45) is 9.07. The van der Waals surface area contributed by atoms with E-state index in [1.165, 1.54) is 69.3 Å². The smallest absolute Gasteiger partial charge is 0.191 e. The Kier molecular flexibility index (Phi) is 8.15. The lowest BCUT2D eigenvalue weighted by molar-refractivity contribution is 0.428. The van der Waals surface area contributed by atoms with E-state index in [1.54, 1.807) is 0 Å². The SMILES string of the molecule is I.NC(=NCc1ccccc1N1CCCCC1)N1CCCCCC1.